The molecule has 0 unspecified atom stereocenters. The van der Waals surface area contributed by atoms with E-state index in [1.54, 1.807) is 4.90 Å². The van der Waals surface area contributed by atoms with Crippen LogP contribution in [0, 0.1) is 0 Å². The maximum atomic E-state index is 13.0. The first kappa shape index (κ1) is 20.9. The first-order valence-corrected chi connectivity index (χ1v) is 11.0. The Labute approximate surface area is 186 Å². The molecule has 1 aromatic heterocycles. The van der Waals surface area contributed by atoms with E-state index in [4.69, 9.17) is 4.42 Å². The second kappa shape index (κ2) is 10.1. The fraction of sp³-hybridized carbons (Fsp3) is 0.160. The highest BCUT2D eigenvalue weighted by molar-refractivity contribution is 7.99. The molecular weight excluding hydrogens is 406 g/mol. The lowest BCUT2D eigenvalue weighted by Gasteiger charge is -2.29. The van der Waals surface area contributed by atoms with Crippen LogP contribution in [0.1, 0.15) is 28.6 Å². The van der Waals surface area contributed by atoms with Crippen LogP contribution in [0.4, 0.5) is 0 Å². The van der Waals surface area contributed by atoms with E-state index in [9.17, 15) is 4.79 Å². The van der Waals surface area contributed by atoms with Gasteiger partial charge >= 0.3 is 0 Å². The number of thioether (sulfide) groups is 1. The summed E-state index contributed by atoms with van der Waals surface area (Å²) in [7, 11) is 1.84. The molecule has 0 aliphatic carbocycles. The quantitative estimate of drug-likeness (QED) is 0.369. The molecule has 4 aromatic rings. The van der Waals surface area contributed by atoms with Crippen LogP contribution in [0.5, 0.6) is 0 Å². The van der Waals surface area contributed by atoms with Crippen molar-refractivity contribution in [3.8, 4) is 0 Å². The van der Waals surface area contributed by atoms with Gasteiger partial charge in [0.2, 0.25) is 11.8 Å². The summed E-state index contributed by atoms with van der Waals surface area (Å²) < 4.78 is 5.72. The van der Waals surface area contributed by atoms with Gasteiger partial charge in [0.1, 0.15) is 0 Å². The first-order chi connectivity index (χ1) is 15.2. The van der Waals surface area contributed by atoms with Crippen LogP contribution < -0.4 is 0 Å². The number of hydrogen-bond acceptors (Lipinski definition) is 5. The predicted octanol–water partition coefficient (Wildman–Crippen LogP) is 5.00. The van der Waals surface area contributed by atoms with Crippen LogP contribution in [0.2, 0.25) is 0 Å². The fourth-order valence-electron chi connectivity index (χ4n) is 3.42. The van der Waals surface area contributed by atoms with Gasteiger partial charge < -0.3 is 9.32 Å². The molecule has 0 fully saturated rings. The second-order valence-corrected chi connectivity index (χ2v) is 8.07. The number of benzene rings is 3. The third-order valence-electron chi connectivity index (χ3n) is 4.98. The van der Waals surface area contributed by atoms with E-state index in [0.29, 0.717) is 17.5 Å². The van der Waals surface area contributed by atoms with Crippen molar-refractivity contribution in [3.05, 3.63) is 114 Å². The number of aromatic nitrogens is 2. The van der Waals surface area contributed by atoms with E-state index in [1.807, 2.05) is 98.0 Å². The Morgan fingerprint density at radius 2 is 1.42 bits per heavy atom. The van der Waals surface area contributed by atoms with Crippen LogP contribution in [0.15, 0.2) is 101 Å². The van der Waals surface area contributed by atoms with Crippen molar-refractivity contribution < 1.29 is 9.21 Å². The molecule has 5 nitrogen and oxygen atoms in total. The summed E-state index contributed by atoms with van der Waals surface area (Å²) in [6.07, 6.45) is 0.576. The average molecular weight is 430 g/mol. The molecule has 6 heteroatoms. The zero-order valence-corrected chi connectivity index (χ0v) is 18.0. The van der Waals surface area contributed by atoms with E-state index in [2.05, 4.69) is 10.2 Å². The highest BCUT2D eigenvalue weighted by atomic mass is 32.2. The van der Waals surface area contributed by atoms with Gasteiger partial charge in [0.25, 0.3) is 5.22 Å². The zero-order chi connectivity index (χ0) is 21.5. The van der Waals surface area contributed by atoms with Crippen LogP contribution in [0.25, 0.3) is 0 Å². The summed E-state index contributed by atoms with van der Waals surface area (Å²) in [6.45, 7) is 0. The predicted molar refractivity (Wildman–Crippen MR) is 122 cm³/mol. The largest absolute Gasteiger partial charge is 0.416 e. The van der Waals surface area contributed by atoms with Crippen LogP contribution in [-0.4, -0.2) is 33.8 Å². The molecule has 31 heavy (non-hydrogen) atoms. The Morgan fingerprint density at radius 3 is 2.00 bits per heavy atom. The SMILES string of the molecule is CN(C(=O)CSc1nnc(Cc2ccccc2)o1)C(c1ccccc1)c1ccccc1. The molecule has 0 bridgehead atoms. The number of nitrogens with zero attached hydrogens (tertiary/aromatic N) is 3. The number of amides is 1. The Bertz CT molecular complexity index is 1060. The zero-order valence-electron chi connectivity index (χ0n) is 17.2. The molecule has 1 heterocycles. The summed E-state index contributed by atoms with van der Waals surface area (Å²) in [6, 6.07) is 29.9. The van der Waals surface area contributed by atoms with Crippen LogP contribution in [-0.2, 0) is 11.2 Å². The van der Waals surface area contributed by atoms with Crippen LogP contribution in [0.3, 0.4) is 0 Å². The minimum Gasteiger partial charge on any atom is -0.416 e. The lowest BCUT2D eigenvalue weighted by atomic mass is 9.97. The molecule has 0 N–H and O–H groups in total. The average Bonchev–Trinajstić information content (AvgIpc) is 3.27. The van der Waals surface area contributed by atoms with Crippen molar-refractivity contribution in [3.63, 3.8) is 0 Å². The third-order valence-corrected chi connectivity index (χ3v) is 5.78. The monoisotopic (exact) mass is 429 g/mol. The van der Waals surface area contributed by atoms with Gasteiger partial charge in [-0.25, -0.2) is 0 Å². The van der Waals surface area contributed by atoms with E-state index < -0.39 is 0 Å². The minimum atomic E-state index is -0.160. The van der Waals surface area contributed by atoms with Crippen molar-refractivity contribution in [1.29, 1.82) is 0 Å². The normalized spacial score (nSPS) is 10.9. The fourth-order valence-corrected chi connectivity index (χ4v) is 4.12. The minimum absolute atomic E-state index is 0.00878. The Kier molecular flexibility index (Phi) is 6.79. The lowest BCUT2D eigenvalue weighted by molar-refractivity contribution is -0.128. The molecule has 0 atom stereocenters. The maximum absolute atomic E-state index is 13.0. The van der Waals surface area contributed by atoms with Gasteiger partial charge in [-0.05, 0) is 16.7 Å². The lowest BCUT2D eigenvalue weighted by Crippen LogP contribution is -2.33. The third kappa shape index (κ3) is 5.41. The standard InChI is InChI=1S/C25H23N3O2S/c1-28(24(20-13-7-3-8-14-20)21-15-9-4-10-16-21)23(29)18-31-25-27-26-22(30-25)17-19-11-5-2-6-12-19/h2-16,24H,17-18H2,1H3. The van der Waals surface area contributed by atoms with Crippen molar-refractivity contribution in [1.82, 2.24) is 15.1 Å². The summed E-state index contributed by atoms with van der Waals surface area (Å²) in [5.74, 6) is 0.756. The highest BCUT2D eigenvalue weighted by Crippen LogP contribution is 2.28. The van der Waals surface area contributed by atoms with E-state index in [1.165, 1.54) is 11.8 Å². The number of carbonyl (C=O) groups is 1. The molecule has 156 valence electrons. The topological polar surface area (TPSA) is 59.2 Å². The van der Waals surface area contributed by atoms with Gasteiger partial charge in [-0.1, -0.05) is 103 Å². The Morgan fingerprint density at radius 1 is 0.871 bits per heavy atom. The molecule has 0 aliphatic rings. The summed E-state index contributed by atoms with van der Waals surface area (Å²) in [5.41, 5.74) is 3.24. The molecule has 0 saturated heterocycles. The molecule has 1 amide bonds. The number of rotatable bonds is 8. The molecule has 3 aromatic carbocycles. The van der Waals surface area contributed by atoms with Crippen LogP contribution >= 0.6 is 11.8 Å². The smallest absolute Gasteiger partial charge is 0.277 e. The van der Waals surface area contributed by atoms with Crippen molar-refractivity contribution in [2.75, 3.05) is 12.8 Å². The Balaban J connectivity index is 1.42. The molecule has 0 radical (unpaired) electrons. The van der Waals surface area contributed by atoms with E-state index >= 15 is 0 Å². The van der Waals surface area contributed by atoms with Gasteiger partial charge in [0, 0.05) is 7.05 Å². The Hall–Kier alpha value is -3.38. The van der Waals surface area contributed by atoms with Gasteiger partial charge in [-0.2, -0.15) is 0 Å². The maximum Gasteiger partial charge on any atom is 0.277 e. The molecule has 0 aliphatic heterocycles. The number of hydrogen-bond donors (Lipinski definition) is 0. The summed E-state index contributed by atoms with van der Waals surface area (Å²) in [5, 5.41) is 8.59. The van der Waals surface area contributed by atoms with Crippen molar-refractivity contribution in [2.24, 2.45) is 0 Å². The second-order valence-electron chi connectivity index (χ2n) is 7.14. The molecule has 0 spiro atoms. The molecule has 4 rings (SSSR count). The van der Waals surface area contributed by atoms with Gasteiger partial charge in [0.15, 0.2) is 0 Å². The first-order valence-electron chi connectivity index (χ1n) is 10.1. The van der Waals surface area contributed by atoms with E-state index in [-0.39, 0.29) is 17.7 Å². The van der Waals surface area contributed by atoms with Gasteiger partial charge in [-0.15, -0.1) is 10.2 Å². The van der Waals surface area contributed by atoms with Gasteiger partial charge in [0.05, 0.1) is 18.2 Å². The summed E-state index contributed by atoms with van der Waals surface area (Å²) >= 11 is 1.26. The van der Waals surface area contributed by atoms with Gasteiger partial charge in [-0.3, -0.25) is 4.79 Å². The molecule has 0 saturated carbocycles. The highest BCUT2D eigenvalue weighted by Gasteiger charge is 2.24. The van der Waals surface area contributed by atoms with Crippen molar-refractivity contribution >= 4 is 17.7 Å². The summed E-state index contributed by atoms with van der Waals surface area (Å²) in [4.78, 5) is 14.8. The molecular formula is C25H23N3O2S. The van der Waals surface area contributed by atoms with Crippen molar-refractivity contribution in [2.45, 2.75) is 17.7 Å². The number of carbonyl (C=O) groups excluding carboxylic acids is 1. The van der Waals surface area contributed by atoms with E-state index in [0.717, 1.165) is 16.7 Å².